The molecule has 0 spiro atoms. The lowest BCUT2D eigenvalue weighted by molar-refractivity contribution is 0.281. The summed E-state index contributed by atoms with van der Waals surface area (Å²) in [6.45, 7) is 0.0146. The summed E-state index contributed by atoms with van der Waals surface area (Å²) in [6.07, 6.45) is 1.53. The van der Waals surface area contributed by atoms with Crippen LogP contribution >= 0.6 is 0 Å². The van der Waals surface area contributed by atoms with E-state index in [1.54, 1.807) is 30.3 Å². The van der Waals surface area contributed by atoms with E-state index in [0.29, 0.717) is 11.6 Å². The molecule has 1 heterocycles. The van der Waals surface area contributed by atoms with E-state index in [1.165, 1.54) is 6.20 Å². The molecule has 0 aliphatic rings. The summed E-state index contributed by atoms with van der Waals surface area (Å²) in [5.74, 6) is 1.20. The second-order valence-electron chi connectivity index (χ2n) is 3.16. The first kappa shape index (κ1) is 10.4. The van der Waals surface area contributed by atoms with Gasteiger partial charge >= 0.3 is 0 Å². The Morgan fingerprint density at radius 1 is 1.19 bits per heavy atom. The Kier molecular flexibility index (Phi) is 2.98. The van der Waals surface area contributed by atoms with Gasteiger partial charge in [-0.15, -0.1) is 0 Å². The molecule has 0 atom stereocenters. The number of hydrogen-bond acceptors (Lipinski definition) is 5. The molecule has 82 valence electrons. The summed E-state index contributed by atoms with van der Waals surface area (Å²) in [7, 11) is 0. The third kappa shape index (κ3) is 2.46. The normalized spacial score (nSPS) is 10.1. The maximum atomic E-state index is 8.88. The van der Waals surface area contributed by atoms with Crippen molar-refractivity contribution in [3.63, 3.8) is 0 Å². The molecule has 0 bridgehead atoms. The molecular weight excluding hydrogens is 206 g/mol. The van der Waals surface area contributed by atoms with Crippen LogP contribution in [0.4, 0.5) is 5.95 Å². The zero-order chi connectivity index (χ0) is 11.4. The molecule has 1 aromatic heterocycles. The Morgan fingerprint density at radius 2 is 1.94 bits per heavy atom. The smallest absolute Gasteiger partial charge is 0.224 e. The molecule has 2 rings (SSSR count). The number of aliphatic hydroxyl groups excluding tert-OH is 1. The summed E-state index contributed by atoms with van der Waals surface area (Å²) >= 11 is 0. The molecule has 16 heavy (non-hydrogen) atoms. The van der Waals surface area contributed by atoms with Crippen molar-refractivity contribution < 1.29 is 9.84 Å². The minimum atomic E-state index is 0.0146. The summed E-state index contributed by atoms with van der Waals surface area (Å²) in [5.41, 5.74) is 6.25. The fourth-order valence-electron chi connectivity index (χ4n) is 1.20. The van der Waals surface area contributed by atoms with Crippen molar-refractivity contribution in [1.29, 1.82) is 0 Å². The van der Waals surface area contributed by atoms with Crippen molar-refractivity contribution in [2.24, 2.45) is 0 Å². The second kappa shape index (κ2) is 4.59. The number of ether oxygens (including phenoxy) is 1. The molecule has 0 aliphatic carbocycles. The van der Waals surface area contributed by atoms with Gasteiger partial charge in [0.15, 0.2) is 0 Å². The van der Waals surface area contributed by atoms with Crippen LogP contribution < -0.4 is 10.5 Å². The van der Waals surface area contributed by atoms with Gasteiger partial charge in [0.1, 0.15) is 5.75 Å². The van der Waals surface area contributed by atoms with Gasteiger partial charge in [0, 0.05) is 12.3 Å². The molecule has 5 heteroatoms. The molecule has 0 aliphatic heterocycles. The minimum absolute atomic E-state index is 0.0146. The summed E-state index contributed by atoms with van der Waals surface area (Å²) < 4.78 is 5.45. The summed E-state index contributed by atoms with van der Waals surface area (Å²) in [6, 6.07) is 8.68. The van der Waals surface area contributed by atoms with Crippen LogP contribution in [0.1, 0.15) is 5.56 Å². The Labute approximate surface area is 92.5 Å². The number of benzene rings is 1. The van der Waals surface area contributed by atoms with Crippen LogP contribution in [-0.2, 0) is 6.61 Å². The zero-order valence-corrected chi connectivity index (χ0v) is 8.50. The van der Waals surface area contributed by atoms with E-state index in [1.807, 2.05) is 0 Å². The number of rotatable bonds is 3. The number of anilines is 1. The lowest BCUT2D eigenvalue weighted by Gasteiger charge is -2.05. The predicted octanol–water partition coefficient (Wildman–Crippen LogP) is 1.34. The summed E-state index contributed by atoms with van der Waals surface area (Å²) in [4.78, 5) is 7.67. The quantitative estimate of drug-likeness (QED) is 0.810. The average molecular weight is 217 g/mol. The number of aromatic nitrogens is 2. The highest BCUT2D eigenvalue weighted by Gasteiger charge is 1.99. The minimum Gasteiger partial charge on any atom is -0.439 e. The maximum absolute atomic E-state index is 8.88. The first-order valence-electron chi connectivity index (χ1n) is 4.74. The molecular formula is C11H11N3O2. The maximum Gasteiger partial charge on any atom is 0.224 e. The van der Waals surface area contributed by atoms with Crippen molar-refractivity contribution in [3.8, 4) is 11.6 Å². The monoisotopic (exact) mass is 217 g/mol. The second-order valence-corrected chi connectivity index (χ2v) is 3.16. The average Bonchev–Trinajstić information content (AvgIpc) is 2.30. The molecule has 0 saturated carbocycles. The lowest BCUT2D eigenvalue weighted by atomic mass is 10.2. The standard InChI is InChI=1S/C11H11N3O2/c12-11-13-6-5-10(14-11)16-9-3-1-8(7-15)2-4-9/h1-6,15H,7H2,(H2,12,13,14). The van der Waals surface area contributed by atoms with Crippen LogP contribution in [0.25, 0.3) is 0 Å². The van der Waals surface area contributed by atoms with E-state index >= 15 is 0 Å². The fourth-order valence-corrected chi connectivity index (χ4v) is 1.20. The predicted molar refractivity (Wildman–Crippen MR) is 58.9 cm³/mol. The van der Waals surface area contributed by atoms with Crippen LogP contribution in [-0.4, -0.2) is 15.1 Å². The lowest BCUT2D eigenvalue weighted by Crippen LogP contribution is -1.96. The number of hydrogen-bond donors (Lipinski definition) is 2. The number of aliphatic hydroxyl groups is 1. The van der Waals surface area contributed by atoms with Crippen molar-refractivity contribution in [2.45, 2.75) is 6.61 Å². The van der Waals surface area contributed by atoms with Crippen LogP contribution in [0, 0.1) is 0 Å². The number of nitrogens with two attached hydrogens (primary N) is 1. The molecule has 0 radical (unpaired) electrons. The van der Waals surface area contributed by atoms with Crippen molar-refractivity contribution >= 4 is 5.95 Å². The first-order valence-corrected chi connectivity index (χ1v) is 4.74. The van der Waals surface area contributed by atoms with Gasteiger partial charge in [0.25, 0.3) is 0 Å². The first-order chi connectivity index (χ1) is 7.78. The largest absolute Gasteiger partial charge is 0.439 e. The van der Waals surface area contributed by atoms with Gasteiger partial charge in [0.2, 0.25) is 11.8 Å². The Balaban J connectivity index is 2.14. The van der Waals surface area contributed by atoms with Crippen molar-refractivity contribution in [3.05, 3.63) is 42.1 Å². The van der Waals surface area contributed by atoms with Crippen LogP contribution in [0.5, 0.6) is 11.6 Å². The Bertz CT molecular complexity index is 471. The molecule has 0 fully saturated rings. The van der Waals surface area contributed by atoms with Crippen LogP contribution in [0.2, 0.25) is 0 Å². The fraction of sp³-hybridized carbons (Fsp3) is 0.0909. The van der Waals surface area contributed by atoms with Gasteiger partial charge in [-0.1, -0.05) is 12.1 Å². The number of nitrogens with zero attached hydrogens (tertiary/aromatic N) is 2. The topological polar surface area (TPSA) is 81.3 Å². The van der Waals surface area contributed by atoms with Gasteiger partial charge < -0.3 is 15.6 Å². The van der Waals surface area contributed by atoms with Gasteiger partial charge in [-0.05, 0) is 17.7 Å². The highest BCUT2D eigenvalue weighted by atomic mass is 16.5. The highest BCUT2D eigenvalue weighted by Crippen LogP contribution is 2.19. The van der Waals surface area contributed by atoms with Crippen molar-refractivity contribution in [2.75, 3.05) is 5.73 Å². The van der Waals surface area contributed by atoms with E-state index in [2.05, 4.69) is 9.97 Å². The Morgan fingerprint density at radius 3 is 2.56 bits per heavy atom. The zero-order valence-electron chi connectivity index (χ0n) is 8.50. The van der Waals surface area contributed by atoms with E-state index in [9.17, 15) is 0 Å². The van der Waals surface area contributed by atoms with Gasteiger partial charge in [-0.3, -0.25) is 0 Å². The molecule has 0 saturated heterocycles. The molecule has 2 aromatic rings. The van der Waals surface area contributed by atoms with Crippen LogP contribution in [0.15, 0.2) is 36.5 Å². The third-order valence-electron chi connectivity index (χ3n) is 1.98. The molecule has 1 aromatic carbocycles. The highest BCUT2D eigenvalue weighted by molar-refractivity contribution is 5.31. The van der Waals surface area contributed by atoms with Crippen molar-refractivity contribution in [1.82, 2.24) is 9.97 Å². The van der Waals surface area contributed by atoms with Gasteiger partial charge in [-0.2, -0.15) is 4.98 Å². The van der Waals surface area contributed by atoms with E-state index in [0.717, 1.165) is 5.56 Å². The van der Waals surface area contributed by atoms with E-state index in [4.69, 9.17) is 15.6 Å². The van der Waals surface area contributed by atoms with E-state index in [-0.39, 0.29) is 12.6 Å². The Hall–Kier alpha value is -2.14. The van der Waals surface area contributed by atoms with E-state index < -0.39 is 0 Å². The SMILES string of the molecule is Nc1nccc(Oc2ccc(CO)cc2)n1. The molecule has 5 nitrogen and oxygen atoms in total. The molecule has 0 amide bonds. The molecule has 3 N–H and O–H groups in total. The number of nitrogen functional groups attached to an aromatic ring is 1. The third-order valence-corrected chi connectivity index (χ3v) is 1.98. The van der Waals surface area contributed by atoms with Gasteiger partial charge in [0.05, 0.1) is 6.61 Å². The van der Waals surface area contributed by atoms with Crippen LogP contribution in [0.3, 0.4) is 0 Å². The summed E-state index contributed by atoms with van der Waals surface area (Å²) in [5, 5.41) is 8.88. The van der Waals surface area contributed by atoms with Gasteiger partial charge in [-0.25, -0.2) is 4.98 Å². The molecule has 0 unspecified atom stereocenters.